The monoisotopic (exact) mass is 702 g/mol. The second-order valence-corrected chi connectivity index (χ2v) is 14.7. The number of aromatic nitrogens is 3. The number of nitrogens with zero attached hydrogens (tertiary/aromatic N) is 5. The van der Waals surface area contributed by atoms with Crippen LogP contribution in [-0.4, -0.2) is 82.9 Å². The SMILES string of the molecule is CN1CCN(CCCOc2cc3nccc(Oc4ccc(NC(=O)Nc5cc(C(C)(C)C)nn5C5CCCC5)c(Cl)c4)c3cc2C(N)=O)CC1. The highest BCUT2D eigenvalue weighted by molar-refractivity contribution is 6.34. The number of nitrogens with two attached hydrogens (primary N) is 1. The van der Waals surface area contributed by atoms with Gasteiger partial charge in [-0.15, -0.1) is 0 Å². The zero-order valence-electron chi connectivity index (χ0n) is 29.3. The number of hydrogen-bond acceptors (Lipinski definition) is 8. The number of piperazine rings is 1. The molecule has 2 aromatic carbocycles. The summed E-state index contributed by atoms with van der Waals surface area (Å²) in [7, 11) is 2.14. The average molecular weight is 703 g/mol. The predicted molar refractivity (Wildman–Crippen MR) is 197 cm³/mol. The van der Waals surface area contributed by atoms with Crippen LogP contribution < -0.4 is 25.8 Å². The van der Waals surface area contributed by atoms with E-state index in [4.69, 9.17) is 31.9 Å². The molecular formula is C37H47ClN8O4. The fourth-order valence-electron chi connectivity index (χ4n) is 6.43. The Kier molecular flexibility index (Phi) is 10.8. The zero-order valence-corrected chi connectivity index (χ0v) is 30.1. The average Bonchev–Trinajstić information content (AvgIpc) is 3.75. The van der Waals surface area contributed by atoms with Gasteiger partial charge < -0.3 is 30.3 Å². The number of likely N-dealkylation sites (N-methyl/N-ethyl adjacent to an activating group) is 1. The Morgan fingerprint density at radius 1 is 1.00 bits per heavy atom. The van der Waals surface area contributed by atoms with Crippen molar-refractivity contribution in [2.45, 2.75) is 64.3 Å². The number of amides is 3. The highest BCUT2D eigenvalue weighted by atomic mass is 35.5. The van der Waals surface area contributed by atoms with Crippen molar-refractivity contribution in [1.82, 2.24) is 24.6 Å². The number of urea groups is 1. The molecule has 1 saturated heterocycles. The van der Waals surface area contributed by atoms with Gasteiger partial charge in [-0.2, -0.15) is 5.10 Å². The van der Waals surface area contributed by atoms with E-state index in [0.717, 1.165) is 70.5 Å². The second-order valence-electron chi connectivity index (χ2n) is 14.3. The quantitative estimate of drug-likeness (QED) is 0.141. The molecule has 1 aliphatic heterocycles. The van der Waals surface area contributed by atoms with Crippen LogP contribution in [0.5, 0.6) is 17.2 Å². The summed E-state index contributed by atoms with van der Waals surface area (Å²) in [6.07, 6.45) is 6.84. The summed E-state index contributed by atoms with van der Waals surface area (Å²) in [5.74, 6) is 1.35. The summed E-state index contributed by atoms with van der Waals surface area (Å²) in [5, 5.41) is 11.6. The Labute approximate surface area is 298 Å². The molecule has 0 unspecified atom stereocenters. The van der Waals surface area contributed by atoms with Gasteiger partial charge in [0, 0.05) is 67.9 Å². The maximum Gasteiger partial charge on any atom is 0.324 e. The van der Waals surface area contributed by atoms with Crippen molar-refractivity contribution in [3.05, 3.63) is 64.9 Å². The lowest BCUT2D eigenvalue weighted by Crippen LogP contribution is -2.44. The normalized spacial score (nSPS) is 16.1. The Balaban J connectivity index is 1.12. The minimum Gasteiger partial charge on any atom is -0.493 e. The summed E-state index contributed by atoms with van der Waals surface area (Å²) < 4.78 is 14.2. The zero-order chi connectivity index (χ0) is 35.4. The van der Waals surface area contributed by atoms with Gasteiger partial charge in [0.05, 0.1) is 40.1 Å². The van der Waals surface area contributed by atoms with Gasteiger partial charge in [-0.1, -0.05) is 45.2 Å². The van der Waals surface area contributed by atoms with Gasteiger partial charge in [0.2, 0.25) is 0 Å². The van der Waals surface area contributed by atoms with E-state index >= 15 is 0 Å². The number of carbonyl (C=O) groups is 2. The number of rotatable bonds is 11. The van der Waals surface area contributed by atoms with Gasteiger partial charge in [-0.05, 0) is 50.6 Å². The Bertz CT molecular complexity index is 1840. The molecule has 2 fully saturated rings. The third-order valence-corrected chi connectivity index (χ3v) is 9.69. The molecule has 6 rings (SSSR count). The van der Waals surface area contributed by atoms with Crippen LogP contribution in [0.4, 0.5) is 16.3 Å². The molecule has 1 aliphatic carbocycles. The molecule has 1 saturated carbocycles. The number of benzene rings is 2. The predicted octanol–water partition coefficient (Wildman–Crippen LogP) is 7.05. The standard InChI is InChI=1S/C37H47ClN8O4/c1-37(2,3)33-23-34(46(43-33)24-8-5-6-9-24)42-36(48)41-29-11-10-25(20-28(29)38)50-31-12-13-40-30-22-32(27(35(39)47)21-26(30)31)49-19-7-14-45-17-15-44(4)16-18-45/h10-13,20-24H,5-9,14-19H2,1-4H3,(H2,39,47)(H2,41,42,48). The molecule has 13 heteroatoms. The third-order valence-electron chi connectivity index (χ3n) is 9.37. The summed E-state index contributed by atoms with van der Waals surface area (Å²) in [6, 6.07) is 11.9. The van der Waals surface area contributed by atoms with Crippen molar-refractivity contribution in [3.63, 3.8) is 0 Å². The van der Waals surface area contributed by atoms with E-state index in [2.05, 4.69) is 53.2 Å². The van der Waals surface area contributed by atoms with Crippen molar-refractivity contribution >= 4 is 45.9 Å². The first-order valence-corrected chi connectivity index (χ1v) is 17.7. The van der Waals surface area contributed by atoms with Crippen LogP contribution in [0.25, 0.3) is 10.9 Å². The maximum atomic E-state index is 13.2. The van der Waals surface area contributed by atoms with E-state index in [0.29, 0.717) is 51.3 Å². The van der Waals surface area contributed by atoms with Gasteiger partial charge in [0.1, 0.15) is 23.1 Å². The number of ether oxygens (including phenoxy) is 2. The summed E-state index contributed by atoms with van der Waals surface area (Å²) >= 11 is 6.63. The lowest BCUT2D eigenvalue weighted by molar-refractivity contribution is 0.0995. The number of pyridine rings is 1. The Morgan fingerprint density at radius 3 is 2.46 bits per heavy atom. The van der Waals surface area contributed by atoms with Crippen LogP contribution in [0.15, 0.2) is 48.7 Å². The van der Waals surface area contributed by atoms with Crippen molar-refractivity contribution < 1.29 is 19.1 Å². The summed E-state index contributed by atoms with van der Waals surface area (Å²) in [5.41, 5.74) is 7.80. The Hall–Kier alpha value is -4.39. The first-order valence-electron chi connectivity index (χ1n) is 17.4. The lowest BCUT2D eigenvalue weighted by atomic mass is 9.92. The number of fused-ring (bicyclic) bond motifs is 1. The van der Waals surface area contributed by atoms with Gasteiger partial charge >= 0.3 is 6.03 Å². The molecule has 266 valence electrons. The Morgan fingerprint density at radius 2 is 1.76 bits per heavy atom. The van der Waals surface area contributed by atoms with Crippen LogP contribution >= 0.6 is 11.6 Å². The lowest BCUT2D eigenvalue weighted by Gasteiger charge is -2.32. The number of halogens is 1. The fraction of sp³-hybridized carbons (Fsp3) is 0.459. The van der Waals surface area contributed by atoms with Crippen molar-refractivity contribution in [3.8, 4) is 17.2 Å². The maximum absolute atomic E-state index is 13.2. The van der Waals surface area contributed by atoms with E-state index < -0.39 is 11.9 Å². The van der Waals surface area contributed by atoms with Crippen molar-refractivity contribution in [2.75, 3.05) is 57.0 Å². The van der Waals surface area contributed by atoms with Crippen molar-refractivity contribution in [2.24, 2.45) is 5.73 Å². The van der Waals surface area contributed by atoms with Crippen LogP contribution in [0.2, 0.25) is 5.02 Å². The number of primary amides is 1. The van der Waals surface area contributed by atoms with Gasteiger partial charge in [-0.25, -0.2) is 9.48 Å². The first-order chi connectivity index (χ1) is 23.9. The number of anilines is 2. The molecule has 0 radical (unpaired) electrons. The molecule has 3 heterocycles. The van der Waals surface area contributed by atoms with Crippen LogP contribution in [0.3, 0.4) is 0 Å². The largest absolute Gasteiger partial charge is 0.493 e. The molecule has 4 N–H and O–H groups in total. The third kappa shape index (κ3) is 8.48. The van der Waals surface area contributed by atoms with E-state index in [9.17, 15) is 9.59 Å². The van der Waals surface area contributed by atoms with E-state index in [1.54, 1.807) is 42.6 Å². The molecule has 12 nitrogen and oxygen atoms in total. The molecule has 2 aromatic heterocycles. The van der Waals surface area contributed by atoms with Crippen LogP contribution in [0.1, 0.15) is 75.0 Å². The number of nitrogens with one attached hydrogen (secondary N) is 2. The molecule has 0 bridgehead atoms. The molecular weight excluding hydrogens is 656 g/mol. The number of hydrogen-bond donors (Lipinski definition) is 3. The van der Waals surface area contributed by atoms with E-state index in [1.807, 2.05) is 10.7 Å². The summed E-state index contributed by atoms with van der Waals surface area (Å²) in [4.78, 5) is 34.9. The van der Waals surface area contributed by atoms with Crippen LogP contribution in [-0.2, 0) is 5.41 Å². The first kappa shape index (κ1) is 35.4. The number of carbonyl (C=O) groups excluding carboxylic acids is 2. The fourth-order valence-corrected chi connectivity index (χ4v) is 6.65. The van der Waals surface area contributed by atoms with Crippen LogP contribution in [0, 0.1) is 0 Å². The topological polar surface area (TPSA) is 140 Å². The highest BCUT2D eigenvalue weighted by Crippen LogP contribution is 2.37. The molecule has 2 aliphatic rings. The van der Waals surface area contributed by atoms with E-state index in [1.165, 1.54) is 0 Å². The molecule has 0 spiro atoms. The van der Waals surface area contributed by atoms with Gasteiger partial charge in [0.15, 0.2) is 0 Å². The smallest absolute Gasteiger partial charge is 0.324 e. The highest BCUT2D eigenvalue weighted by Gasteiger charge is 2.26. The minimum atomic E-state index is -0.603. The van der Waals surface area contributed by atoms with Gasteiger partial charge in [0.25, 0.3) is 5.91 Å². The minimum absolute atomic E-state index is 0.155. The van der Waals surface area contributed by atoms with Crippen molar-refractivity contribution in [1.29, 1.82) is 0 Å². The molecule has 3 amide bonds. The molecule has 4 aromatic rings. The second kappa shape index (κ2) is 15.2. The van der Waals surface area contributed by atoms with E-state index in [-0.39, 0.29) is 17.0 Å². The molecule has 0 atom stereocenters. The summed E-state index contributed by atoms with van der Waals surface area (Å²) in [6.45, 7) is 11.9. The van der Waals surface area contributed by atoms with Gasteiger partial charge in [-0.3, -0.25) is 15.1 Å². The molecule has 50 heavy (non-hydrogen) atoms.